The van der Waals surface area contributed by atoms with Crippen LogP contribution in [0.2, 0.25) is 4.34 Å². The van der Waals surface area contributed by atoms with Crippen molar-refractivity contribution in [2.45, 2.75) is 18.4 Å². The summed E-state index contributed by atoms with van der Waals surface area (Å²) in [5.41, 5.74) is -0.190. The normalized spacial score (nSPS) is 14.2. The number of carbonyl (C=O) groups excluding carboxylic acids is 2. The lowest BCUT2D eigenvalue weighted by atomic mass is 10.0. The number of hydrogen-bond donors (Lipinski definition) is 3. The molecule has 3 N–H and O–H groups in total. The maximum atomic E-state index is 13.6. The van der Waals surface area contributed by atoms with Gasteiger partial charge in [0.1, 0.15) is 10.7 Å². The Labute approximate surface area is 183 Å². The molecule has 1 fully saturated rings. The summed E-state index contributed by atoms with van der Waals surface area (Å²) >= 11 is 6.95. The van der Waals surface area contributed by atoms with Crippen molar-refractivity contribution < 1.29 is 27.9 Å². The summed E-state index contributed by atoms with van der Waals surface area (Å²) in [5.74, 6) is -5.55. The van der Waals surface area contributed by atoms with Crippen molar-refractivity contribution in [1.29, 1.82) is 0 Å². The first-order chi connectivity index (χ1) is 14.7. The summed E-state index contributed by atoms with van der Waals surface area (Å²) < 4.78 is 40.5. The van der Waals surface area contributed by atoms with Crippen LogP contribution in [0.25, 0.3) is 0 Å². The number of hydrogen-bond acceptors (Lipinski definition) is 4. The van der Waals surface area contributed by atoms with Gasteiger partial charge >= 0.3 is 0 Å². The third-order valence-electron chi connectivity index (χ3n) is 4.94. The highest BCUT2D eigenvalue weighted by atomic mass is 35.5. The molecule has 1 aliphatic rings. The van der Waals surface area contributed by atoms with Crippen molar-refractivity contribution >= 4 is 40.4 Å². The topological polar surface area (TPSA) is 78.4 Å². The van der Waals surface area contributed by atoms with Gasteiger partial charge in [-0.3, -0.25) is 9.59 Å². The number of anilines is 1. The molecular weight excluding hydrogens is 453 g/mol. The van der Waals surface area contributed by atoms with Crippen LogP contribution in [0.4, 0.5) is 18.9 Å². The second-order valence-corrected chi connectivity index (χ2v) is 8.76. The third kappa shape index (κ3) is 4.24. The average Bonchev–Trinajstić information content (AvgIpc) is 3.40. The first-order valence-electron chi connectivity index (χ1n) is 9.06. The van der Waals surface area contributed by atoms with Gasteiger partial charge in [0.15, 0.2) is 17.4 Å². The standard InChI is InChI=1S/C21H14ClF3N2O3S/c22-16-9-15(26-19(29)10-7-13(24)17(28)14(25)8-10)18(31-16)20(30)27-21(5-6-21)11-1-3-12(23)4-2-11/h1-4,7-9,28H,5-6H2,(H,26,29)(H,27,30). The molecule has 3 aromatic rings. The van der Waals surface area contributed by atoms with Crippen LogP contribution in [0.5, 0.6) is 5.75 Å². The summed E-state index contributed by atoms with van der Waals surface area (Å²) in [4.78, 5) is 25.4. The third-order valence-corrected chi connectivity index (χ3v) is 6.20. The van der Waals surface area contributed by atoms with E-state index < -0.39 is 34.7 Å². The number of benzene rings is 2. The second kappa shape index (κ2) is 7.90. The van der Waals surface area contributed by atoms with Crippen molar-refractivity contribution in [3.8, 4) is 5.75 Å². The van der Waals surface area contributed by atoms with E-state index in [-0.39, 0.29) is 26.3 Å². The highest BCUT2D eigenvalue weighted by molar-refractivity contribution is 7.18. The predicted molar refractivity (Wildman–Crippen MR) is 110 cm³/mol. The summed E-state index contributed by atoms with van der Waals surface area (Å²) in [6, 6.07) is 8.52. The number of nitrogens with one attached hydrogen (secondary N) is 2. The fourth-order valence-electron chi connectivity index (χ4n) is 3.17. The van der Waals surface area contributed by atoms with Crippen LogP contribution < -0.4 is 10.6 Å². The largest absolute Gasteiger partial charge is 0.503 e. The first-order valence-corrected chi connectivity index (χ1v) is 10.3. The Balaban J connectivity index is 1.55. The highest BCUT2D eigenvalue weighted by Gasteiger charge is 2.46. The van der Waals surface area contributed by atoms with Crippen LogP contribution in [0, 0.1) is 17.5 Å². The van der Waals surface area contributed by atoms with Gasteiger partial charge in [0, 0.05) is 5.56 Å². The molecule has 160 valence electrons. The van der Waals surface area contributed by atoms with E-state index in [0.29, 0.717) is 25.0 Å². The van der Waals surface area contributed by atoms with Gasteiger partial charge in [-0.1, -0.05) is 23.7 Å². The van der Waals surface area contributed by atoms with E-state index in [1.807, 2.05) is 0 Å². The van der Waals surface area contributed by atoms with E-state index in [2.05, 4.69) is 10.6 Å². The van der Waals surface area contributed by atoms with Gasteiger partial charge in [-0.25, -0.2) is 13.2 Å². The zero-order valence-electron chi connectivity index (χ0n) is 15.6. The molecule has 2 amide bonds. The average molecular weight is 467 g/mol. The van der Waals surface area contributed by atoms with E-state index in [9.17, 15) is 27.9 Å². The molecule has 0 radical (unpaired) electrons. The fourth-order valence-corrected chi connectivity index (χ4v) is 4.24. The lowest BCUT2D eigenvalue weighted by Gasteiger charge is -2.18. The monoisotopic (exact) mass is 466 g/mol. The summed E-state index contributed by atoms with van der Waals surface area (Å²) in [6.45, 7) is 0. The summed E-state index contributed by atoms with van der Waals surface area (Å²) in [5, 5.41) is 14.5. The van der Waals surface area contributed by atoms with Gasteiger partial charge in [0.25, 0.3) is 11.8 Å². The molecule has 2 aromatic carbocycles. The van der Waals surface area contributed by atoms with Crippen LogP contribution >= 0.6 is 22.9 Å². The van der Waals surface area contributed by atoms with E-state index in [4.69, 9.17) is 11.6 Å². The molecule has 4 rings (SSSR count). The van der Waals surface area contributed by atoms with Crippen molar-refractivity contribution in [1.82, 2.24) is 5.32 Å². The highest BCUT2D eigenvalue weighted by Crippen LogP contribution is 2.46. The molecule has 1 saturated carbocycles. The number of phenolic OH excluding ortho intramolecular Hbond substituents is 1. The van der Waals surface area contributed by atoms with Crippen LogP contribution in [0.3, 0.4) is 0 Å². The Kier molecular flexibility index (Phi) is 5.40. The molecule has 0 bridgehead atoms. The molecule has 5 nitrogen and oxygen atoms in total. The molecule has 0 atom stereocenters. The SMILES string of the molecule is O=C(Nc1cc(Cl)sc1C(=O)NC1(c2ccc(F)cc2)CC1)c1cc(F)c(O)c(F)c1. The second-order valence-electron chi connectivity index (χ2n) is 7.08. The molecule has 0 aliphatic heterocycles. The minimum Gasteiger partial charge on any atom is -0.503 e. The van der Waals surface area contributed by atoms with Crippen molar-refractivity contribution in [2.24, 2.45) is 0 Å². The van der Waals surface area contributed by atoms with Gasteiger partial charge in [0.05, 0.1) is 15.6 Å². The van der Waals surface area contributed by atoms with Crippen LogP contribution in [0.15, 0.2) is 42.5 Å². The van der Waals surface area contributed by atoms with Crippen molar-refractivity contribution in [3.63, 3.8) is 0 Å². The predicted octanol–water partition coefficient (Wildman–Crippen LogP) is 5.20. The lowest BCUT2D eigenvalue weighted by Crippen LogP contribution is -2.34. The zero-order valence-corrected chi connectivity index (χ0v) is 17.2. The number of amides is 2. The minimum atomic E-state index is -1.29. The molecule has 1 aliphatic carbocycles. The molecule has 0 unspecified atom stereocenters. The molecular formula is C21H14ClF3N2O3S. The summed E-state index contributed by atoms with van der Waals surface area (Å²) in [6.07, 6.45) is 1.33. The molecule has 1 heterocycles. The molecule has 1 aromatic heterocycles. The maximum Gasteiger partial charge on any atom is 0.264 e. The number of halogens is 4. The van der Waals surface area contributed by atoms with Gasteiger partial charge in [0.2, 0.25) is 0 Å². The smallest absolute Gasteiger partial charge is 0.264 e. The van der Waals surface area contributed by atoms with E-state index in [1.54, 1.807) is 12.1 Å². The minimum absolute atomic E-state index is 0.0706. The molecule has 0 saturated heterocycles. The number of rotatable bonds is 5. The number of thiophene rings is 1. The van der Waals surface area contributed by atoms with E-state index in [0.717, 1.165) is 16.9 Å². The number of phenols is 1. The summed E-state index contributed by atoms with van der Waals surface area (Å²) in [7, 11) is 0. The van der Waals surface area contributed by atoms with Crippen molar-refractivity contribution in [3.05, 3.63) is 80.3 Å². The Hall–Kier alpha value is -3.04. The Morgan fingerprint density at radius 1 is 1.00 bits per heavy atom. The van der Waals surface area contributed by atoms with E-state index in [1.165, 1.54) is 18.2 Å². The van der Waals surface area contributed by atoms with E-state index >= 15 is 0 Å². The molecule has 0 spiro atoms. The fraction of sp³-hybridized carbons (Fsp3) is 0.143. The Morgan fingerprint density at radius 3 is 2.19 bits per heavy atom. The first kappa shape index (κ1) is 21.2. The molecule has 10 heteroatoms. The van der Waals surface area contributed by atoms with Gasteiger partial charge in [-0.05, 0) is 48.7 Å². The van der Waals surface area contributed by atoms with Crippen LogP contribution in [-0.2, 0) is 5.54 Å². The zero-order chi connectivity index (χ0) is 22.3. The quantitative estimate of drug-likeness (QED) is 0.484. The van der Waals surface area contributed by atoms with Gasteiger partial charge in [-0.2, -0.15) is 0 Å². The lowest BCUT2D eigenvalue weighted by molar-refractivity contribution is 0.0935. The Bertz CT molecular complexity index is 1170. The van der Waals surface area contributed by atoms with Gasteiger partial charge in [-0.15, -0.1) is 11.3 Å². The van der Waals surface area contributed by atoms with Crippen LogP contribution in [-0.4, -0.2) is 16.9 Å². The number of aromatic hydroxyl groups is 1. The molecule has 31 heavy (non-hydrogen) atoms. The van der Waals surface area contributed by atoms with Crippen LogP contribution in [0.1, 0.15) is 38.4 Å². The number of carbonyl (C=O) groups is 2. The van der Waals surface area contributed by atoms with Crippen molar-refractivity contribution in [2.75, 3.05) is 5.32 Å². The van der Waals surface area contributed by atoms with Gasteiger partial charge < -0.3 is 15.7 Å². The maximum absolute atomic E-state index is 13.6. The Morgan fingerprint density at radius 2 is 1.61 bits per heavy atom.